The molecular formula is C19H33IN4O3S. The maximum Gasteiger partial charge on any atom is 0.240 e. The quantitative estimate of drug-likeness (QED) is 0.179. The number of benzene rings is 1. The Hall–Kier alpha value is -0.910. The van der Waals surface area contributed by atoms with Crippen LogP contribution >= 0.6 is 24.0 Å². The van der Waals surface area contributed by atoms with Crippen molar-refractivity contribution in [2.45, 2.75) is 37.5 Å². The molecule has 0 unspecified atom stereocenters. The smallest absolute Gasteiger partial charge is 0.240 e. The van der Waals surface area contributed by atoms with E-state index < -0.39 is 10.0 Å². The van der Waals surface area contributed by atoms with E-state index in [1.807, 2.05) is 6.92 Å². The van der Waals surface area contributed by atoms with Crippen LogP contribution in [0, 0.1) is 5.41 Å². The zero-order valence-corrected chi connectivity index (χ0v) is 19.9. The Morgan fingerprint density at radius 3 is 2.46 bits per heavy atom. The number of hydrogen-bond donors (Lipinski definition) is 3. The highest BCUT2D eigenvalue weighted by Gasteiger charge is 2.36. The summed E-state index contributed by atoms with van der Waals surface area (Å²) in [6.07, 6.45) is 4.67. The fraction of sp³-hybridized carbons (Fsp3) is 0.632. The van der Waals surface area contributed by atoms with Gasteiger partial charge in [-0.15, -0.1) is 24.0 Å². The summed E-state index contributed by atoms with van der Waals surface area (Å²) in [6.45, 7) is 5.05. The molecule has 1 aromatic rings. The normalized spacial score (nSPS) is 16.0. The molecule has 1 saturated carbocycles. The molecule has 2 rings (SSSR count). The molecule has 0 spiro atoms. The first-order valence-electron chi connectivity index (χ1n) is 9.57. The summed E-state index contributed by atoms with van der Waals surface area (Å²) in [6, 6.07) is 8.38. The Kier molecular flexibility index (Phi) is 11.3. The Labute approximate surface area is 186 Å². The standard InChI is InChI=1S/C19H32N4O3S.HI/c1-3-20-18(22-16-19(10-7-11-19)12-15-26-2)21-13-14-23-27(24,25)17-8-5-4-6-9-17;/h4-6,8-9,23H,3,7,10-16H2,1-2H3,(H2,20,21,22);1H. The van der Waals surface area contributed by atoms with E-state index in [4.69, 9.17) is 9.73 Å². The van der Waals surface area contributed by atoms with E-state index in [2.05, 4.69) is 15.4 Å². The second-order valence-electron chi connectivity index (χ2n) is 6.93. The molecule has 0 aromatic heterocycles. The summed E-state index contributed by atoms with van der Waals surface area (Å²) in [5.41, 5.74) is 0.257. The summed E-state index contributed by atoms with van der Waals surface area (Å²) in [5.74, 6) is 0.722. The molecule has 0 saturated heterocycles. The van der Waals surface area contributed by atoms with Crippen LogP contribution in [0.15, 0.2) is 40.2 Å². The number of halogens is 1. The summed E-state index contributed by atoms with van der Waals surface area (Å²) in [7, 11) is -1.74. The van der Waals surface area contributed by atoms with Gasteiger partial charge in [0, 0.05) is 39.9 Å². The lowest BCUT2D eigenvalue weighted by Crippen LogP contribution is -2.43. The number of guanidine groups is 1. The van der Waals surface area contributed by atoms with Crippen molar-refractivity contribution in [3.05, 3.63) is 30.3 Å². The Balaban J connectivity index is 0.00000392. The first-order valence-corrected chi connectivity index (χ1v) is 11.1. The van der Waals surface area contributed by atoms with Crippen molar-refractivity contribution in [2.75, 3.05) is 39.9 Å². The van der Waals surface area contributed by atoms with Crippen molar-refractivity contribution in [1.82, 2.24) is 15.4 Å². The van der Waals surface area contributed by atoms with Crippen molar-refractivity contribution in [3.63, 3.8) is 0 Å². The molecule has 160 valence electrons. The van der Waals surface area contributed by atoms with Gasteiger partial charge < -0.3 is 15.4 Å². The van der Waals surface area contributed by atoms with Crippen LogP contribution in [-0.2, 0) is 14.8 Å². The maximum atomic E-state index is 12.2. The molecule has 0 bridgehead atoms. The highest BCUT2D eigenvalue weighted by atomic mass is 127. The molecule has 1 aliphatic rings. The lowest BCUT2D eigenvalue weighted by Gasteiger charge is -2.40. The molecule has 28 heavy (non-hydrogen) atoms. The van der Waals surface area contributed by atoms with E-state index in [-0.39, 0.29) is 40.8 Å². The van der Waals surface area contributed by atoms with E-state index in [1.54, 1.807) is 37.4 Å². The first-order chi connectivity index (χ1) is 13.0. The van der Waals surface area contributed by atoms with E-state index in [0.29, 0.717) is 6.54 Å². The molecule has 3 N–H and O–H groups in total. The lowest BCUT2D eigenvalue weighted by molar-refractivity contribution is 0.0778. The fourth-order valence-electron chi connectivity index (χ4n) is 3.12. The predicted molar refractivity (Wildman–Crippen MR) is 124 cm³/mol. The number of aliphatic imine (C=N–C) groups is 1. The van der Waals surface area contributed by atoms with Gasteiger partial charge in [0.25, 0.3) is 0 Å². The number of rotatable bonds is 11. The van der Waals surface area contributed by atoms with Crippen molar-refractivity contribution >= 4 is 40.0 Å². The van der Waals surface area contributed by atoms with Gasteiger partial charge in [0.2, 0.25) is 10.0 Å². The molecular weight excluding hydrogens is 491 g/mol. The van der Waals surface area contributed by atoms with Gasteiger partial charge in [-0.05, 0) is 43.7 Å². The van der Waals surface area contributed by atoms with Crippen LogP contribution in [0.2, 0.25) is 0 Å². The number of methoxy groups -OCH3 is 1. The summed E-state index contributed by atoms with van der Waals surface area (Å²) in [4.78, 5) is 4.99. The third kappa shape index (κ3) is 7.84. The minimum atomic E-state index is -3.48. The molecule has 1 fully saturated rings. The summed E-state index contributed by atoms with van der Waals surface area (Å²) < 4.78 is 32.3. The molecule has 0 atom stereocenters. The Bertz CT molecular complexity index is 694. The average Bonchev–Trinajstić information content (AvgIpc) is 2.64. The zero-order chi connectivity index (χ0) is 19.6. The topological polar surface area (TPSA) is 91.8 Å². The van der Waals surface area contributed by atoms with E-state index >= 15 is 0 Å². The van der Waals surface area contributed by atoms with Gasteiger partial charge in [-0.25, -0.2) is 13.1 Å². The molecule has 7 nitrogen and oxygen atoms in total. The van der Waals surface area contributed by atoms with Gasteiger partial charge in [0.15, 0.2) is 5.96 Å². The third-order valence-electron chi connectivity index (χ3n) is 4.93. The van der Waals surface area contributed by atoms with Crippen LogP contribution in [0.5, 0.6) is 0 Å². The van der Waals surface area contributed by atoms with Crippen LogP contribution in [-0.4, -0.2) is 54.3 Å². The highest BCUT2D eigenvalue weighted by molar-refractivity contribution is 14.0. The van der Waals surface area contributed by atoms with Crippen molar-refractivity contribution in [2.24, 2.45) is 10.4 Å². The molecule has 9 heteroatoms. The number of nitrogens with zero attached hydrogens (tertiary/aromatic N) is 1. The summed E-state index contributed by atoms with van der Waals surface area (Å²) >= 11 is 0. The van der Waals surface area contributed by atoms with E-state index in [9.17, 15) is 8.42 Å². The fourth-order valence-corrected chi connectivity index (χ4v) is 4.17. The Morgan fingerprint density at radius 1 is 1.18 bits per heavy atom. The number of ether oxygens (including phenoxy) is 1. The van der Waals surface area contributed by atoms with Gasteiger partial charge in [0.05, 0.1) is 4.90 Å². The third-order valence-corrected chi connectivity index (χ3v) is 6.41. The molecule has 0 amide bonds. The summed E-state index contributed by atoms with van der Waals surface area (Å²) in [5, 5.41) is 6.42. The minimum Gasteiger partial charge on any atom is -0.385 e. The van der Waals surface area contributed by atoms with Gasteiger partial charge in [-0.2, -0.15) is 0 Å². The van der Waals surface area contributed by atoms with Gasteiger partial charge in [0.1, 0.15) is 0 Å². The van der Waals surface area contributed by atoms with Crippen LogP contribution in [0.25, 0.3) is 0 Å². The molecule has 1 aromatic carbocycles. The van der Waals surface area contributed by atoms with Gasteiger partial charge in [-0.3, -0.25) is 4.99 Å². The van der Waals surface area contributed by atoms with Gasteiger partial charge in [-0.1, -0.05) is 24.6 Å². The largest absolute Gasteiger partial charge is 0.385 e. The lowest BCUT2D eigenvalue weighted by atomic mass is 9.67. The number of hydrogen-bond acceptors (Lipinski definition) is 4. The van der Waals surface area contributed by atoms with E-state index in [1.165, 1.54) is 19.3 Å². The van der Waals surface area contributed by atoms with Crippen molar-refractivity contribution in [3.8, 4) is 0 Å². The molecule has 0 heterocycles. The maximum absolute atomic E-state index is 12.2. The Morgan fingerprint density at radius 2 is 1.89 bits per heavy atom. The number of nitrogens with one attached hydrogen (secondary N) is 3. The molecule has 0 aliphatic heterocycles. The van der Waals surface area contributed by atoms with Crippen LogP contribution < -0.4 is 15.4 Å². The zero-order valence-electron chi connectivity index (χ0n) is 16.7. The highest BCUT2D eigenvalue weighted by Crippen LogP contribution is 2.44. The minimum absolute atomic E-state index is 0. The van der Waals surface area contributed by atoms with Crippen LogP contribution in [0.4, 0.5) is 0 Å². The van der Waals surface area contributed by atoms with E-state index in [0.717, 1.165) is 32.1 Å². The second kappa shape index (κ2) is 12.6. The van der Waals surface area contributed by atoms with Gasteiger partial charge >= 0.3 is 0 Å². The van der Waals surface area contributed by atoms with Crippen molar-refractivity contribution < 1.29 is 13.2 Å². The van der Waals surface area contributed by atoms with Crippen LogP contribution in [0.3, 0.4) is 0 Å². The van der Waals surface area contributed by atoms with Crippen molar-refractivity contribution in [1.29, 1.82) is 0 Å². The number of sulfonamides is 1. The average molecular weight is 524 g/mol. The monoisotopic (exact) mass is 524 g/mol. The SMILES string of the molecule is CCNC(=NCC1(CCOC)CCC1)NCCNS(=O)(=O)c1ccccc1.I. The van der Waals surface area contributed by atoms with Crippen LogP contribution in [0.1, 0.15) is 32.6 Å². The second-order valence-corrected chi connectivity index (χ2v) is 8.70. The first kappa shape index (κ1) is 25.1. The molecule has 0 radical (unpaired) electrons. The molecule has 1 aliphatic carbocycles. The predicted octanol–water partition coefficient (Wildman–Crippen LogP) is 2.34.